The summed E-state index contributed by atoms with van der Waals surface area (Å²) in [6, 6.07) is 20.2. The molecule has 1 amide bonds. The fraction of sp³-hybridized carbons (Fsp3) is 0.318. The summed E-state index contributed by atoms with van der Waals surface area (Å²) in [4.78, 5) is 12.3. The minimum atomic E-state index is -0.205. The molecule has 0 unspecified atom stereocenters. The minimum Gasteiger partial charge on any atom is -0.351 e. The summed E-state index contributed by atoms with van der Waals surface area (Å²) in [7, 11) is 0. The van der Waals surface area contributed by atoms with Crippen LogP contribution in [0.2, 0.25) is 0 Å². The zero-order valence-electron chi connectivity index (χ0n) is 16.6. The Morgan fingerprint density at radius 3 is 2.32 bits per heavy atom. The lowest BCUT2D eigenvalue weighted by atomic mass is 10.0. The fourth-order valence-corrected chi connectivity index (χ4v) is 3.53. The third kappa shape index (κ3) is 5.23. The molecule has 6 heteroatoms. The molecule has 0 atom stereocenters. The molecule has 0 bridgehead atoms. The Labute approximate surface area is 170 Å². The van der Waals surface area contributed by atoms with Gasteiger partial charge in [-0.2, -0.15) is 0 Å². The maximum atomic E-state index is 12.3. The molecule has 1 aromatic heterocycles. The number of thioether (sulfide) groups is 1. The minimum absolute atomic E-state index is 0.00377. The zero-order valence-corrected chi connectivity index (χ0v) is 17.4. The van der Waals surface area contributed by atoms with Crippen LogP contribution in [0.4, 0.5) is 0 Å². The number of benzene rings is 2. The van der Waals surface area contributed by atoms with Crippen molar-refractivity contribution >= 4 is 17.7 Å². The van der Waals surface area contributed by atoms with Crippen molar-refractivity contribution < 1.29 is 4.79 Å². The van der Waals surface area contributed by atoms with Crippen LogP contribution in [-0.4, -0.2) is 32.0 Å². The summed E-state index contributed by atoms with van der Waals surface area (Å²) in [6.45, 7) is 6.12. The quantitative estimate of drug-likeness (QED) is 0.580. The van der Waals surface area contributed by atoms with Crippen molar-refractivity contribution in [3.05, 3.63) is 72.1 Å². The third-order valence-electron chi connectivity index (χ3n) is 4.61. The summed E-state index contributed by atoms with van der Waals surface area (Å²) in [5.41, 5.74) is 1.96. The molecule has 1 heterocycles. The number of para-hydroxylation sites is 1. The molecule has 3 rings (SSSR count). The topological polar surface area (TPSA) is 59.8 Å². The fourth-order valence-electron chi connectivity index (χ4n) is 2.76. The molecule has 3 aromatic rings. The number of hydrogen-bond acceptors (Lipinski definition) is 4. The molecule has 0 spiro atoms. The molecular weight excluding hydrogens is 368 g/mol. The van der Waals surface area contributed by atoms with E-state index in [4.69, 9.17) is 0 Å². The number of rotatable bonds is 8. The van der Waals surface area contributed by atoms with Crippen LogP contribution in [0, 0.1) is 0 Å². The Balaban J connectivity index is 1.82. The summed E-state index contributed by atoms with van der Waals surface area (Å²) in [5.74, 6) is 1.16. The van der Waals surface area contributed by atoms with Gasteiger partial charge in [-0.1, -0.05) is 67.2 Å². The summed E-state index contributed by atoms with van der Waals surface area (Å²) in [5, 5.41) is 12.6. The van der Waals surface area contributed by atoms with Crippen LogP contribution in [0.1, 0.15) is 38.6 Å². The molecule has 0 aliphatic heterocycles. The smallest absolute Gasteiger partial charge is 0.230 e. The molecule has 5 nitrogen and oxygen atoms in total. The molecule has 0 aliphatic carbocycles. The van der Waals surface area contributed by atoms with Crippen LogP contribution >= 0.6 is 11.8 Å². The second-order valence-corrected chi connectivity index (χ2v) is 8.25. The van der Waals surface area contributed by atoms with Crippen molar-refractivity contribution in [1.82, 2.24) is 20.1 Å². The normalized spacial score (nSPS) is 11.4. The molecule has 0 radical (unpaired) electrons. The molecular formula is C22H26N4OS. The first-order valence-electron chi connectivity index (χ1n) is 9.46. The number of nitrogens with one attached hydrogen (secondary N) is 1. The van der Waals surface area contributed by atoms with Crippen LogP contribution in [0.3, 0.4) is 0 Å². The molecule has 1 N–H and O–H groups in total. The predicted molar refractivity (Wildman–Crippen MR) is 114 cm³/mol. The van der Waals surface area contributed by atoms with Crippen molar-refractivity contribution in [3.8, 4) is 5.69 Å². The van der Waals surface area contributed by atoms with Crippen LogP contribution in [0.25, 0.3) is 5.69 Å². The highest BCUT2D eigenvalue weighted by molar-refractivity contribution is 7.99. The van der Waals surface area contributed by atoms with Gasteiger partial charge in [-0.25, -0.2) is 0 Å². The van der Waals surface area contributed by atoms with E-state index < -0.39 is 0 Å². The van der Waals surface area contributed by atoms with Crippen molar-refractivity contribution in [3.63, 3.8) is 0 Å². The van der Waals surface area contributed by atoms with E-state index in [0.717, 1.165) is 23.1 Å². The first-order valence-corrected chi connectivity index (χ1v) is 10.4. The highest BCUT2D eigenvalue weighted by Gasteiger charge is 2.20. The first kappa shape index (κ1) is 20.1. The van der Waals surface area contributed by atoms with E-state index in [2.05, 4.69) is 34.6 Å². The largest absolute Gasteiger partial charge is 0.351 e. The standard InChI is InChI=1S/C22H26N4OS/c1-4-22(2,3)23-20(27)16-28-21-25-24-19(15-17-11-7-5-8-12-17)26(21)18-13-9-6-10-14-18/h5-14H,4,15-16H2,1-3H3,(H,23,27). The van der Waals surface area contributed by atoms with Gasteiger partial charge in [-0.3, -0.25) is 9.36 Å². The molecule has 2 aromatic carbocycles. The van der Waals surface area contributed by atoms with E-state index in [1.165, 1.54) is 17.3 Å². The lowest BCUT2D eigenvalue weighted by Crippen LogP contribution is -2.43. The van der Waals surface area contributed by atoms with Crippen LogP contribution < -0.4 is 5.32 Å². The number of nitrogens with zero attached hydrogens (tertiary/aromatic N) is 3. The van der Waals surface area contributed by atoms with Crippen molar-refractivity contribution in [1.29, 1.82) is 0 Å². The number of carbonyl (C=O) groups is 1. The average Bonchev–Trinajstić information content (AvgIpc) is 3.10. The highest BCUT2D eigenvalue weighted by atomic mass is 32.2. The summed E-state index contributed by atoms with van der Waals surface area (Å²) < 4.78 is 2.04. The lowest BCUT2D eigenvalue weighted by Gasteiger charge is -2.24. The molecule has 0 aliphatic rings. The predicted octanol–water partition coefficient (Wildman–Crippen LogP) is 4.26. The van der Waals surface area contributed by atoms with Crippen molar-refractivity contribution in [2.45, 2.75) is 44.3 Å². The van der Waals surface area contributed by atoms with Gasteiger partial charge in [0.2, 0.25) is 5.91 Å². The van der Waals surface area contributed by atoms with Crippen molar-refractivity contribution in [2.75, 3.05) is 5.75 Å². The average molecular weight is 395 g/mol. The Morgan fingerprint density at radius 1 is 1.04 bits per heavy atom. The van der Waals surface area contributed by atoms with Gasteiger partial charge in [-0.05, 0) is 38.0 Å². The molecule has 0 fully saturated rings. The van der Waals surface area contributed by atoms with Gasteiger partial charge in [0.1, 0.15) is 5.82 Å². The Hall–Kier alpha value is -2.60. The van der Waals surface area contributed by atoms with Crippen molar-refractivity contribution in [2.24, 2.45) is 0 Å². The number of aromatic nitrogens is 3. The third-order valence-corrected chi connectivity index (χ3v) is 5.54. The molecule has 28 heavy (non-hydrogen) atoms. The lowest BCUT2D eigenvalue weighted by molar-refractivity contribution is -0.120. The maximum absolute atomic E-state index is 12.3. The number of hydrogen-bond donors (Lipinski definition) is 1. The van der Waals surface area contributed by atoms with E-state index in [1.807, 2.05) is 66.9 Å². The van der Waals surface area contributed by atoms with Gasteiger partial charge in [0.05, 0.1) is 5.75 Å². The second kappa shape index (κ2) is 9.06. The van der Waals surface area contributed by atoms with Gasteiger partial charge < -0.3 is 5.32 Å². The van der Waals surface area contributed by atoms with E-state index >= 15 is 0 Å². The maximum Gasteiger partial charge on any atom is 0.230 e. The first-order chi connectivity index (χ1) is 13.5. The van der Waals surface area contributed by atoms with Gasteiger partial charge in [0.15, 0.2) is 5.16 Å². The highest BCUT2D eigenvalue weighted by Crippen LogP contribution is 2.23. The SMILES string of the molecule is CCC(C)(C)NC(=O)CSc1nnc(Cc2ccccc2)n1-c1ccccc1. The van der Waals surface area contributed by atoms with E-state index in [-0.39, 0.29) is 11.4 Å². The summed E-state index contributed by atoms with van der Waals surface area (Å²) in [6.07, 6.45) is 1.56. The Kier molecular flexibility index (Phi) is 6.52. The van der Waals surface area contributed by atoms with Crippen LogP contribution in [-0.2, 0) is 11.2 Å². The van der Waals surface area contributed by atoms with E-state index in [9.17, 15) is 4.79 Å². The Bertz CT molecular complexity index is 907. The Morgan fingerprint density at radius 2 is 1.68 bits per heavy atom. The monoisotopic (exact) mass is 394 g/mol. The number of carbonyl (C=O) groups excluding carboxylic acids is 1. The van der Waals surface area contributed by atoms with Gasteiger partial charge >= 0.3 is 0 Å². The summed E-state index contributed by atoms with van der Waals surface area (Å²) >= 11 is 1.41. The molecule has 0 saturated carbocycles. The van der Waals surface area contributed by atoms with E-state index in [1.54, 1.807) is 0 Å². The second-order valence-electron chi connectivity index (χ2n) is 7.31. The van der Waals surface area contributed by atoms with Gasteiger partial charge in [-0.15, -0.1) is 10.2 Å². The molecule has 146 valence electrons. The number of amides is 1. The van der Waals surface area contributed by atoms with Gasteiger partial charge in [0.25, 0.3) is 0 Å². The zero-order chi connectivity index (χ0) is 20.0. The van der Waals surface area contributed by atoms with Crippen LogP contribution in [0.5, 0.6) is 0 Å². The van der Waals surface area contributed by atoms with Gasteiger partial charge in [0, 0.05) is 17.6 Å². The van der Waals surface area contributed by atoms with E-state index in [0.29, 0.717) is 12.2 Å². The van der Waals surface area contributed by atoms with Crippen LogP contribution in [0.15, 0.2) is 65.8 Å². The molecule has 0 saturated heterocycles.